The Labute approximate surface area is 127 Å². The van der Waals surface area contributed by atoms with Crippen LogP contribution in [0.15, 0.2) is 0 Å². The van der Waals surface area contributed by atoms with Gasteiger partial charge < -0.3 is 10.2 Å². The van der Waals surface area contributed by atoms with Crippen LogP contribution in [0.2, 0.25) is 0 Å². The average molecular weight is 301 g/mol. The number of nitrogens with zero attached hydrogens (tertiary/aromatic N) is 1. The fourth-order valence-electron chi connectivity index (χ4n) is 3.45. The lowest BCUT2D eigenvalue weighted by atomic mass is 9.73. The van der Waals surface area contributed by atoms with Crippen molar-refractivity contribution in [2.24, 2.45) is 5.41 Å². The fraction of sp³-hybridized carbons (Fsp3) is 1.00. The Bertz CT molecular complexity index is 322. The summed E-state index contributed by atoms with van der Waals surface area (Å²) in [6, 6.07) is 0. The van der Waals surface area contributed by atoms with Crippen molar-refractivity contribution in [2.45, 2.75) is 58.4 Å². The summed E-state index contributed by atoms with van der Waals surface area (Å²) in [6.45, 7) is 11.2. The molecule has 0 aromatic carbocycles. The smallest absolute Gasteiger partial charge is 0.0363 e. The molecule has 2 aliphatic rings. The van der Waals surface area contributed by atoms with Crippen LogP contribution in [0, 0.1) is 5.41 Å². The molecule has 4 heteroatoms. The molecule has 0 bridgehead atoms. The third-order valence-corrected chi connectivity index (χ3v) is 6.01. The summed E-state index contributed by atoms with van der Waals surface area (Å²) in [7, 11) is -0.556. The van der Waals surface area contributed by atoms with Gasteiger partial charge in [0, 0.05) is 54.0 Å². The van der Waals surface area contributed by atoms with E-state index < -0.39 is 10.8 Å². The molecule has 0 aromatic rings. The maximum atomic E-state index is 11.5. The van der Waals surface area contributed by atoms with Crippen molar-refractivity contribution in [3.63, 3.8) is 0 Å². The highest BCUT2D eigenvalue weighted by Gasteiger charge is 2.35. The normalized spacial score (nSPS) is 25.8. The van der Waals surface area contributed by atoms with Crippen LogP contribution in [0.25, 0.3) is 0 Å². The van der Waals surface area contributed by atoms with Crippen molar-refractivity contribution in [3.8, 4) is 0 Å². The first-order valence-corrected chi connectivity index (χ1v) is 9.70. The Hall–Kier alpha value is 0.0700. The molecule has 1 heterocycles. The van der Waals surface area contributed by atoms with Gasteiger partial charge in [-0.15, -0.1) is 0 Å². The van der Waals surface area contributed by atoms with Crippen molar-refractivity contribution in [3.05, 3.63) is 0 Å². The summed E-state index contributed by atoms with van der Waals surface area (Å²) >= 11 is 0. The zero-order chi connectivity index (χ0) is 14.6. The first-order valence-electron chi connectivity index (χ1n) is 8.21. The molecule has 2 rings (SSSR count). The highest BCUT2D eigenvalue weighted by atomic mass is 32.2. The van der Waals surface area contributed by atoms with E-state index in [1.54, 1.807) is 0 Å². The molecule has 0 spiro atoms. The van der Waals surface area contributed by atoms with Gasteiger partial charge in [0.25, 0.3) is 0 Å². The predicted molar refractivity (Wildman–Crippen MR) is 87.6 cm³/mol. The maximum absolute atomic E-state index is 11.5. The van der Waals surface area contributed by atoms with Gasteiger partial charge in [0.1, 0.15) is 0 Å². The summed E-state index contributed by atoms with van der Waals surface area (Å²) in [5.74, 6) is 1.76. The molecule has 0 amide bonds. The van der Waals surface area contributed by atoms with E-state index in [0.29, 0.717) is 5.41 Å². The van der Waals surface area contributed by atoms with Crippen LogP contribution in [0.3, 0.4) is 0 Å². The standard InChI is InChI=1S/C16H32N2OS/c1-15(2,3)17-13-16(7-5-4-6-8-16)14-18-9-11-20(19)12-10-18/h17H,4-14H2,1-3H3. The molecular weight excluding hydrogens is 268 g/mol. The minimum Gasteiger partial charge on any atom is -0.311 e. The third-order valence-electron chi connectivity index (χ3n) is 4.74. The monoisotopic (exact) mass is 300 g/mol. The molecule has 0 radical (unpaired) electrons. The van der Waals surface area contributed by atoms with Crippen LogP contribution in [0.4, 0.5) is 0 Å². The molecule has 1 aliphatic heterocycles. The van der Waals surface area contributed by atoms with E-state index >= 15 is 0 Å². The minimum atomic E-state index is -0.556. The molecule has 0 unspecified atom stereocenters. The first kappa shape index (κ1) is 16.4. The van der Waals surface area contributed by atoms with Crippen LogP contribution in [0.1, 0.15) is 52.9 Å². The van der Waals surface area contributed by atoms with Gasteiger partial charge in [0.05, 0.1) is 0 Å². The largest absolute Gasteiger partial charge is 0.311 e. The highest BCUT2D eigenvalue weighted by molar-refractivity contribution is 7.85. The molecule has 0 aromatic heterocycles. The fourth-order valence-corrected chi connectivity index (χ4v) is 4.58. The molecule has 1 aliphatic carbocycles. The van der Waals surface area contributed by atoms with Gasteiger partial charge in [0.2, 0.25) is 0 Å². The quantitative estimate of drug-likeness (QED) is 0.865. The molecule has 3 nitrogen and oxygen atoms in total. The summed E-state index contributed by atoms with van der Waals surface area (Å²) in [4.78, 5) is 2.57. The van der Waals surface area contributed by atoms with Crippen molar-refractivity contribution >= 4 is 10.8 Å². The van der Waals surface area contributed by atoms with Crippen molar-refractivity contribution in [1.29, 1.82) is 0 Å². The van der Waals surface area contributed by atoms with E-state index in [0.717, 1.165) is 31.1 Å². The number of rotatable bonds is 4. The van der Waals surface area contributed by atoms with Gasteiger partial charge >= 0.3 is 0 Å². The van der Waals surface area contributed by atoms with Crippen LogP contribution in [0.5, 0.6) is 0 Å². The molecule has 1 saturated heterocycles. The lowest BCUT2D eigenvalue weighted by Crippen LogP contribution is -2.51. The second kappa shape index (κ2) is 6.89. The Morgan fingerprint density at radius 3 is 2.25 bits per heavy atom. The van der Waals surface area contributed by atoms with Gasteiger partial charge in [0.15, 0.2) is 0 Å². The molecule has 1 N–H and O–H groups in total. The van der Waals surface area contributed by atoms with Gasteiger partial charge in [-0.3, -0.25) is 4.21 Å². The zero-order valence-electron chi connectivity index (χ0n) is 13.5. The van der Waals surface area contributed by atoms with E-state index in [-0.39, 0.29) is 5.54 Å². The predicted octanol–water partition coefficient (Wildman–Crippen LogP) is 2.39. The van der Waals surface area contributed by atoms with E-state index in [2.05, 4.69) is 31.0 Å². The second-order valence-electron chi connectivity index (χ2n) is 7.79. The minimum absolute atomic E-state index is 0.202. The lowest BCUT2D eigenvalue weighted by Gasteiger charge is -2.43. The van der Waals surface area contributed by atoms with Crippen LogP contribution < -0.4 is 5.32 Å². The lowest BCUT2D eigenvalue weighted by molar-refractivity contribution is 0.1000. The average Bonchev–Trinajstić information content (AvgIpc) is 2.40. The number of hydrogen-bond acceptors (Lipinski definition) is 3. The Morgan fingerprint density at radius 1 is 1.10 bits per heavy atom. The molecular formula is C16H32N2OS. The maximum Gasteiger partial charge on any atom is 0.0363 e. The first-order chi connectivity index (χ1) is 9.39. The Kier molecular flexibility index (Phi) is 5.66. The SMILES string of the molecule is CC(C)(C)NCC1(CN2CCS(=O)CC2)CCCCC1. The molecule has 0 atom stereocenters. The molecule has 118 valence electrons. The third kappa shape index (κ3) is 5.12. The number of nitrogens with one attached hydrogen (secondary N) is 1. The molecule has 2 fully saturated rings. The topological polar surface area (TPSA) is 32.3 Å². The second-order valence-corrected chi connectivity index (χ2v) is 9.48. The van der Waals surface area contributed by atoms with Gasteiger partial charge in [-0.1, -0.05) is 19.3 Å². The van der Waals surface area contributed by atoms with Gasteiger partial charge in [-0.2, -0.15) is 0 Å². The summed E-state index contributed by atoms with van der Waals surface area (Å²) in [5, 5.41) is 3.74. The Morgan fingerprint density at radius 2 is 1.70 bits per heavy atom. The summed E-state index contributed by atoms with van der Waals surface area (Å²) in [5.41, 5.74) is 0.651. The zero-order valence-corrected chi connectivity index (χ0v) is 14.4. The number of hydrogen-bond donors (Lipinski definition) is 1. The van der Waals surface area contributed by atoms with Crippen molar-refractivity contribution < 1.29 is 4.21 Å². The van der Waals surface area contributed by atoms with Crippen LogP contribution in [-0.4, -0.2) is 52.3 Å². The van der Waals surface area contributed by atoms with E-state index in [9.17, 15) is 4.21 Å². The van der Waals surface area contributed by atoms with Gasteiger partial charge in [-0.05, 0) is 39.0 Å². The van der Waals surface area contributed by atoms with Crippen molar-refractivity contribution in [2.75, 3.05) is 37.7 Å². The van der Waals surface area contributed by atoms with Crippen LogP contribution in [-0.2, 0) is 10.8 Å². The van der Waals surface area contributed by atoms with E-state index in [1.165, 1.54) is 38.6 Å². The Balaban J connectivity index is 1.93. The molecule has 20 heavy (non-hydrogen) atoms. The summed E-state index contributed by atoms with van der Waals surface area (Å²) in [6.07, 6.45) is 6.88. The molecule has 1 saturated carbocycles. The van der Waals surface area contributed by atoms with Gasteiger partial charge in [-0.25, -0.2) is 0 Å². The van der Waals surface area contributed by atoms with E-state index in [4.69, 9.17) is 0 Å². The van der Waals surface area contributed by atoms with E-state index in [1.807, 2.05) is 0 Å². The van der Waals surface area contributed by atoms with Crippen molar-refractivity contribution in [1.82, 2.24) is 10.2 Å². The highest BCUT2D eigenvalue weighted by Crippen LogP contribution is 2.37. The summed E-state index contributed by atoms with van der Waals surface area (Å²) < 4.78 is 11.5. The van der Waals surface area contributed by atoms with Crippen LogP contribution >= 0.6 is 0 Å².